The summed E-state index contributed by atoms with van der Waals surface area (Å²) in [7, 11) is 0. The van der Waals surface area contributed by atoms with Crippen LogP contribution in [0.3, 0.4) is 0 Å². The predicted octanol–water partition coefficient (Wildman–Crippen LogP) is 2.29. The maximum atomic E-state index is 8.71. The first-order valence-corrected chi connectivity index (χ1v) is 6.34. The van der Waals surface area contributed by atoms with Crippen LogP contribution in [0, 0.1) is 11.3 Å². The molecule has 0 spiro atoms. The first-order chi connectivity index (χ1) is 7.61. The third kappa shape index (κ3) is 2.48. The van der Waals surface area contributed by atoms with Crippen LogP contribution in [0.25, 0.3) is 0 Å². The molecular formula is C12H15N3S. The van der Waals surface area contributed by atoms with Crippen LogP contribution in [0.5, 0.6) is 0 Å². The van der Waals surface area contributed by atoms with Crippen LogP contribution < -0.4 is 4.90 Å². The van der Waals surface area contributed by atoms with E-state index in [0.717, 1.165) is 24.7 Å². The van der Waals surface area contributed by atoms with Crippen molar-refractivity contribution in [2.45, 2.75) is 18.6 Å². The number of nitriles is 1. The minimum Gasteiger partial charge on any atom is -0.354 e. The summed E-state index contributed by atoms with van der Waals surface area (Å²) in [6.45, 7) is 6.56. The Bertz CT molecular complexity index is 405. The molecule has 1 fully saturated rings. The molecule has 2 rings (SSSR count). The zero-order valence-corrected chi connectivity index (χ0v) is 10.4. The summed E-state index contributed by atoms with van der Waals surface area (Å²) in [5.41, 5.74) is 0.620. The second-order valence-electron chi connectivity index (χ2n) is 4.55. The van der Waals surface area contributed by atoms with Crippen molar-refractivity contribution >= 4 is 17.6 Å². The van der Waals surface area contributed by atoms with Gasteiger partial charge >= 0.3 is 0 Å². The van der Waals surface area contributed by atoms with Gasteiger partial charge in [-0.3, -0.25) is 0 Å². The lowest BCUT2D eigenvalue weighted by Crippen LogP contribution is -2.43. The number of anilines is 1. The van der Waals surface area contributed by atoms with Crippen molar-refractivity contribution in [2.24, 2.45) is 0 Å². The maximum absolute atomic E-state index is 8.71. The second kappa shape index (κ2) is 4.34. The summed E-state index contributed by atoms with van der Waals surface area (Å²) < 4.78 is 0.286. The van der Waals surface area contributed by atoms with Crippen molar-refractivity contribution < 1.29 is 0 Å². The van der Waals surface area contributed by atoms with Gasteiger partial charge in [-0.25, -0.2) is 4.98 Å². The molecule has 1 saturated heterocycles. The fraction of sp³-hybridized carbons (Fsp3) is 0.500. The van der Waals surface area contributed by atoms with Crippen molar-refractivity contribution in [1.29, 1.82) is 5.26 Å². The van der Waals surface area contributed by atoms with Gasteiger partial charge in [0.25, 0.3) is 0 Å². The summed E-state index contributed by atoms with van der Waals surface area (Å²) in [6, 6.07) is 5.85. The average molecular weight is 233 g/mol. The molecule has 84 valence electrons. The SMILES string of the molecule is CC1(C)CN(c2ccc(C#N)cn2)CCS1. The minimum absolute atomic E-state index is 0.286. The number of pyridine rings is 1. The highest BCUT2D eigenvalue weighted by atomic mass is 32.2. The number of hydrogen-bond donors (Lipinski definition) is 0. The van der Waals surface area contributed by atoms with Gasteiger partial charge in [0, 0.05) is 29.8 Å². The summed E-state index contributed by atoms with van der Waals surface area (Å²) in [5, 5.41) is 8.71. The third-order valence-electron chi connectivity index (χ3n) is 2.63. The largest absolute Gasteiger partial charge is 0.354 e. The molecule has 1 aliphatic rings. The summed E-state index contributed by atoms with van der Waals surface area (Å²) >= 11 is 2.00. The van der Waals surface area contributed by atoms with E-state index in [0.29, 0.717) is 5.56 Å². The van der Waals surface area contributed by atoms with Gasteiger partial charge in [-0.05, 0) is 26.0 Å². The van der Waals surface area contributed by atoms with Crippen molar-refractivity contribution in [3.63, 3.8) is 0 Å². The van der Waals surface area contributed by atoms with E-state index in [1.54, 1.807) is 6.20 Å². The van der Waals surface area contributed by atoms with Crippen LogP contribution in [0.15, 0.2) is 18.3 Å². The molecular weight excluding hydrogens is 218 g/mol. The molecule has 0 bridgehead atoms. The number of rotatable bonds is 1. The topological polar surface area (TPSA) is 39.9 Å². The van der Waals surface area contributed by atoms with Gasteiger partial charge in [0.2, 0.25) is 0 Å². The first kappa shape index (κ1) is 11.3. The fourth-order valence-corrected chi connectivity index (χ4v) is 2.96. The van der Waals surface area contributed by atoms with Gasteiger partial charge in [-0.2, -0.15) is 17.0 Å². The quantitative estimate of drug-likeness (QED) is 0.746. The molecule has 0 unspecified atom stereocenters. The lowest BCUT2D eigenvalue weighted by atomic mass is 10.2. The van der Waals surface area contributed by atoms with E-state index in [9.17, 15) is 0 Å². The molecule has 0 amide bonds. The van der Waals surface area contributed by atoms with E-state index in [1.165, 1.54) is 0 Å². The van der Waals surface area contributed by atoms with Gasteiger partial charge in [-0.1, -0.05) is 0 Å². The molecule has 0 radical (unpaired) electrons. The molecule has 1 aromatic rings. The smallest absolute Gasteiger partial charge is 0.128 e. The fourth-order valence-electron chi connectivity index (χ4n) is 1.85. The van der Waals surface area contributed by atoms with E-state index in [2.05, 4.69) is 29.8 Å². The summed E-state index contributed by atoms with van der Waals surface area (Å²) in [4.78, 5) is 6.62. The highest BCUT2D eigenvalue weighted by Crippen LogP contribution is 2.31. The van der Waals surface area contributed by atoms with Crippen LogP contribution in [-0.2, 0) is 0 Å². The average Bonchev–Trinajstić information content (AvgIpc) is 2.28. The van der Waals surface area contributed by atoms with Crippen LogP contribution >= 0.6 is 11.8 Å². The van der Waals surface area contributed by atoms with Crippen LogP contribution in [-0.4, -0.2) is 28.6 Å². The van der Waals surface area contributed by atoms with Gasteiger partial charge < -0.3 is 4.90 Å². The summed E-state index contributed by atoms with van der Waals surface area (Å²) in [6.07, 6.45) is 1.64. The number of thioether (sulfide) groups is 1. The normalized spacial score (nSPS) is 19.2. The first-order valence-electron chi connectivity index (χ1n) is 5.36. The van der Waals surface area contributed by atoms with Crippen molar-refractivity contribution in [1.82, 2.24) is 4.98 Å². The molecule has 0 N–H and O–H groups in total. The molecule has 2 heterocycles. The lowest BCUT2D eigenvalue weighted by Gasteiger charge is -2.38. The molecule has 1 aromatic heterocycles. The van der Waals surface area contributed by atoms with Gasteiger partial charge in [-0.15, -0.1) is 0 Å². The molecule has 16 heavy (non-hydrogen) atoms. The maximum Gasteiger partial charge on any atom is 0.128 e. The Kier molecular flexibility index (Phi) is 3.06. The van der Waals surface area contributed by atoms with Crippen LogP contribution in [0.4, 0.5) is 5.82 Å². The molecule has 4 heteroatoms. The molecule has 0 aliphatic carbocycles. The van der Waals surface area contributed by atoms with Crippen LogP contribution in [0.1, 0.15) is 19.4 Å². The second-order valence-corrected chi connectivity index (χ2v) is 6.35. The molecule has 0 saturated carbocycles. The zero-order valence-electron chi connectivity index (χ0n) is 9.60. The highest BCUT2D eigenvalue weighted by Gasteiger charge is 2.27. The monoisotopic (exact) mass is 233 g/mol. The minimum atomic E-state index is 0.286. The Morgan fingerprint density at radius 3 is 2.88 bits per heavy atom. The van der Waals surface area contributed by atoms with E-state index in [4.69, 9.17) is 5.26 Å². The Labute approximate surface area is 100 Å². The van der Waals surface area contributed by atoms with Gasteiger partial charge in [0.1, 0.15) is 11.9 Å². The van der Waals surface area contributed by atoms with E-state index < -0.39 is 0 Å². The number of aromatic nitrogens is 1. The molecule has 0 aromatic carbocycles. The Morgan fingerprint density at radius 2 is 2.31 bits per heavy atom. The zero-order chi connectivity index (χ0) is 11.6. The van der Waals surface area contributed by atoms with Gasteiger partial charge in [0.05, 0.1) is 5.56 Å². The molecule has 1 aliphatic heterocycles. The van der Waals surface area contributed by atoms with Gasteiger partial charge in [0.15, 0.2) is 0 Å². The van der Waals surface area contributed by atoms with E-state index in [1.807, 2.05) is 23.9 Å². The van der Waals surface area contributed by atoms with Crippen LogP contribution in [0.2, 0.25) is 0 Å². The third-order valence-corrected chi connectivity index (χ3v) is 3.92. The Hall–Kier alpha value is -1.21. The van der Waals surface area contributed by atoms with Crippen molar-refractivity contribution in [2.75, 3.05) is 23.7 Å². The van der Waals surface area contributed by atoms with Crippen molar-refractivity contribution in [3.8, 4) is 6.07 Å². The number of hydrogen-bond acceptors (Lipinski definition) is 4. The standard InChI is InChI=1S/C12H15N3S/c1-12(2)9-15(5-6-16-12)11-4-3-10(7-13)8-14-11/h3-4,8H,5-6,9H2,1-2H3. The Balaban J connectivity index is 2.15. The predicted molar refractivity (Wildman–Crippen MR) is 67.7 cm³/mol. The summed E-state index contributed by atoms with van der Waals surface area (Å²) in [5.74, 6) is 2.11. The van der Waals surface area contributed by atoms with Crippen molar-refractivity contribution in [3.05, 3.63) is 23.9 Å². The Morgan fingerprint density at radius 1 is 1.50 bits per heavy atom. The van der Waals surface area contributed by atoms with E-state index >= 15 is 0 Å². The highest BCUT2D eigenvalue weighted by molar-refractivity contribution is 8.00. The molecule has 0 atom stereocenters. The van der Waals surface area contributed by atoms with E-state index in [-0.39, 0.29) is 4.75 Å². The number of nitrogens with zero attached hydrogens (tertiary/aromatic N) is 3. The molecule has 3 nitrogen and oxygen atoms in total. The lowest BCUT2D eigenvalue weighted by molar-refractivity contribution is 0.642.